The van der Waals surface area contributed by atoms with Gasteiger partial charge >= 0.3 is 0 Å². The number of H-pyrrole nitrogens is 1. The van der Waals surface area contributed by atoms with Gasteiger partial charge in [0.2, 0.25) is 5.91 Å². The van der Waals surface area contributed by atoms with Crippen LogP contribution in [-0.4, -0.2) is 39.6 Å². The predicted octanol–water partition coefficient (Wildman–Crippen LogP) is 5.53. The third-order valence-corrected chi connectivity index (χ3v) is 6.85. The first kappa shape index (κ1) is 21.5. The number of nitrogens with one attached hydrogen (secondary N) is 2. The number of para-hydroxylation sites is 1. The molecule has 1 atom stereocenters. The molecule has 3 heterocycles. The van der Waals surface area contributed by atoms with E-state index in [1.165, 1.54) is 31.5 Å². The highest BCUT2D eigenvalue weighted by molar-refractivity contribution is 6.24. The minimum atomic E-state index is -0.456. The van der Waals surface area contributed by atoms with E-state index >= 15 is 0 Å². The van der Waals surface area contributed by atoms with Gasteiger partial charge in [-0.1, -0.05) is 54.6 Å². The van der Waals surface area contributed by atoms with Crippen LogP contribution in [0.1, 0.15) is 35.4 Å². The first-order chi connectivity index (χ1) is 17.2. The molecule has 0 spiro atoms. The number of carbonyl (C=O) groups excluding carboxylic acids is 1. The van der Waals surface area contributed by atoms with Crippen molar-refractivity contribution in [1.29, 1.82) is 0 Å². The third-order valence-electron chi connectivity index (χ3n) is 6.85. The molecule has 1 unspecified atom stereocenters. The van der Waals surface area contributed by atoms with Crippen molar-refractivity contribution in [1.82, 2.24) is 14.9 Å². The minimum absolute atomic E-state index is 0.0415. The average Bonchev–Trinajstić information content (AvgIpc) is 3.65. The van der Waals surface area contributed by atoms with Gasteiger partial charge in [0.25, 0.3) is 0 Å². The average molecular weight is 462 g/mol. The van der Waals surface area contributed by atoms with Crippen molar-refractivity contribution in [3.05, 3.63) is 102 Å². The predicted molar refractivity (Wildman–Crippen MR) is 139 cm³/mol. The van der Waals surface area contributed by atoms with Gasteiger partial charge < -0.3 is 10.3 Å². The van der Waals surface area contributed by atoms with Crippen LogP contribution < -0.4 is 5.32 Å². The van der Waals surface area contributed by atoms with Crippen LogP contribution in [0.15, 0.2) is 90.3 Å². The smallest absolute Gasteiger partial charge is 0.238 e. The lowest BCUT2D eigenvalue weighted by Crippen LogP contribution is -2.22. The summed E-state index contributed by atoms with van der Waals surface area (Å²) in [6.45, 7) is 3.30. The lowest BCUT2D eigenvalue weighted by molar-refractivity contribution is -0.115. The Morgan fingerprint density at radius 3 is 2.49 bits per heavy atom. The highest BCUT2D eigenvalue weighted by Gasteiger charge is 2.35. The van der Waals surface area contributed by atoms with Crippen molar-refractivity contribution in [2.45, 2.75) is 25.3 Å². The van der Waals surface area contributed by atoms with Crippen molar-refractivity contribution < 1.29 is 4.79 Å². The van der Waals surface area contributed by atoms with Gasteiger partial charge in [0.05, 0.1) is 29.6 Å². The molecule has 0 radical (unpaired) electrons. The molecule has 2 aliphatic rings. The summed E-state index contributed by atoms with van der Waals surface area (Å²) in [6, 6.07) is 24.4. The van der Waals surface area contributed by atoms with Crippen LogP contribution >= 0.6 is 0 Å². The lowest BCUT2D eigenvalue weighted by Gasteiger charge is -2.17. The molecule has 4 aromatic rings. The number of imidazole rings is 1. The quantitative estimate of drug-likeness (QED) is 0.371. The van der Waals surface area contributed by atoms with E-state index in [1.807, 2.05) is 48.5 Å². The van der Waals surface area contributed by atoms with E-state index in [0.717, 1.165) is 46.0 Å². The summed E-state index contributed by atoms with van der Waals surface area (Å²) in [5.74, 6) is -0.497. The summed E-state index contributed by atoms with van der Waals surface area (Å²) < 4.78 is 0. The molecule has 6 nitrogen and oxygen atoms in total. The minimum Gasteiger partial charge on any atom is -0.345 e. The molecule has 3 aromatic carbocycles. The van der Waals surface area contributed by atoms with Gasteiger partial charge in [0.15, 0.2) is 0 Å². The van der Waals surface area contributed by atoms with E-state index in [4.69, 9.17) is 4.99 Å². The fraction of sp³-hybridized carbons (Fsp3) is 0.207. The topological polar surface area (TPSA) is 73.4 Å². The van der Waals surface area contributed by atoms with Crippen LogP contribution in [0.25, 0.3) is 11.3 Å². The number of aromatic nitrogens is 2. The fourth-order valence-corrected chi connectivity index (χ4v) is 5.02. The molecule has 0 aliphatic carbocycles. The van der Waals surface area contributed by atoms with E-state index in [0.29, 0.717) is 0 Å². The van der Waals surface area contributed by atoms with Gasteiger partial charge in [-0.15, -0.1) is 0 Å². The molecule has 35 heavy (non-hydrogen) atoms. The summed E-state index contributed by atoms with van der Waals surface area (Å²) in [7, 11) is 0. The first-order valence-corrected chi connectivity index (χ1v) is 12.1. The number of amides is 1. The summed E-state index contributed by atoms with van der Waals surface area (Å²) in [5, 5.41) is 3.03. The van der Waals surface area contributed by atoms with Crippen LogP contribution in [0.5, 0.6) is 0 Å². The number of anilines is 1. The number of nitrogens with zero attached hydrogens (tertiary/aromatic N) is 3. The maximum absolute atomic E-state index is 13.1. The Bertz CT molecular complexity index is 1350. The number of hydrogen-bond donors (Lipinski definition) is 2. The van der Waals surface area contributed by atoms with E-state index in [9.17, 15) is 4.79 Å². The first-order valence-electron chi connectivity index (χ1n) is 12.1. The molecule has 2 N–H and O–H groups in total. The number of aliphatic imine (C=N–C) groups is 1. The molecule has 6 rings (SSSR count). The zero-order chi connectivity index (χ0) is 23.6. The van der Waals surface area contributed by atoms with Crippen LogP contribution in [0.3, 0.4) is 0 Å². The standard InChI is InChI=1S/C29H27N5O/c35-29-27(24-5-1-2-6-25(24)33-29)28(22-9-7-20(8-10-22)18-34-15-3-4-16-34)32-23-13-11-21(12-14-23)26-17-30-19-31-26/h1-2,5-14,17,19,27H,3-4,15-16,18H2,(H,30,31)(H,33,35). The molecule has 0 bridgehead atoms. The Morgan fingerprint density at radius 1 is 0.971 bits per heavy atom. The fourth-order valence-electron chi connectivity index (χ4n) is 5.02. The molecule has 0 saturated carbocycles. The second-order valence-electron chi connectivity index (χ2n) is 9.20. The molecule has 6 heteroatoms. The van der Waals surface area contributed by atoms with Crippen LogP contribution in [0.2, 0.25) is 0 Å². The Kier molecular flexibility index (Phi) is 5.72. The molecular weight excluding hydrogens is 434 g/mol. The van der Waals surface area contributed by atoms with Gasteiger partial charge in [-0.25, -0.2) is 4.98 Å². The molecule has 2 aliphatic heterocycles. The highest BCUT2D eigenvalue weighted by atomic mass is 16.2. The Morgan fingerprint density at radius 2 is 1.74 bits per heavy atom. The number of benzene rings is 3. The Labute approximate surface area is 204 Å². The van der Waals surface area contributed by atoms with E-state index in [2.05, 4.69) is 44.5 Å². The Hall–Kier alpha value is -4.03. The molecule has 1 aromatic heterocycles. The molecule has 174 valence electrons. The number of rotatable bonds is 6. The van der Waals surface area contributed by atoms with E-state index < -0.39 is 5.92 Å². The lowest BCUT2D eigenvalue weighted by atomic mass is 9.90. The number of carbonyl (C=O) groups is 1. The summed E-state index contributed by atoms with van der Waals surface area (Å²) in [5.41, 5.74) is 7.63. The number of likely N-dealkylation sites (tertiary alicyclic amines) is 1. The highest BCUT2D eigenvalue weighted by Crippen LogP contribution is 2.36. The van der Waals surface area contributed by atoms with Crippen molar-refractivity contribution in [3.63, 3.8) is 0 Å². The van der Waals surface area contributed by atoms with Gasteiger partial charge in [-0.3, -0.25) is 14.7 Å². The van der Waals surface area contributed by atoms with Crippen LogP contribution in [-0.2, 0) is 11.3 Å². The SMILES string of the molecule is O=C1Nc2ccccc2C1C(=Nc1ccc(-c2cnc[nH]2)cc1)c1ccc(CN2CCCC2)cc1. The van der Waals surface area contributed by atoms with Crippen LogP contribution in [0.4, 0.5) is 11.4 Å². The van der Waals surface area contributed by atoms with Crippen LogP contribution in [0, 0.1) is 0 Å². The van der Waals surface area contributed by atoms with Gasteiger partial charge in [-0.05, 0) is 66.4 Å². The number of fused-ring (bicyclic) bond motifs is 1. The van der Waals surface area contributed by atoms with E-state index in [-0.39, 0.29) is 5.91 Å². The number of aromatic amines is 1. The zero-order valence-corrected chi connectivity index (χ0v) is 19.4. The second kappa shape index (κ2) is 9.31. The van der Waals surface area contributed by atoms with Gasteiger partial charge in [0.1, 0.15) is 5.92 Å². The normalized spacial score (nSPS) is 18.0. The number of hydrogen-bond acceptors (Lipinski definition) is 4. The van der Waals surface area contributed by atoms with Crippen molar-refractivity contribution in [2.24, 2.45) is 4.99 Å². The zero-order valence-electron chi connectivity index (χ0n) is 19.4. The Balaban J connectivity index is 1.37. The maximum atomic E-state index is 13.1. The third kappa shape index (κ3) is 4.40. The monoisotopic (exact) mass is 461 g/mol. The van der Waals surface area contributed by atoms with Gasteiger partial charge in [0, 0.05) is 12.2 Å². The van der Waals surface area contributed by atoms with Crippen molar-refractivity contribution in [3.8, 4) is 11.3 Å². The largest absolute Gasteiger partial charge is 0.345 e. The summed E-state index contributed by atoms with van der Waals surface area (Å²) in [6.07, 6.45) is 6.03. The molecule has 1 saturated heterocycles. The molecular formula is C29H27N5O. The van der Waals surface area contributed by atoms with Gasteiger partial charge in [-0.2, -0.15) is 0 Å². The summed E-state index contributed by atoms with van der Waals surface area (Å²) >= 11 is 0. The summed E-state index contributed by atoms with van der Waals surface area (Å²) in [4.78, 5) is 27.9. The van der Waals surface area contributed by atoms with E-state index in [1.54, 1.807) is 12.5 Å². The molecule has 1 amide bonds. The van der Waals surface area contributed by atoms with Crippen molar-refractivity contribution in [2.75, 3.05) is 18.4 Å². The van der Waals surface area contributed by atoms with Crippen molar-refractivity contribution >= 4 is 23.0 Å². The second-order valence-corrected chi connectivity index (χ2v) is 9.20. The maximum Gasteiger partial charge on any atom is 0.238 e. The molecule has 1 fully saturated rings.